The monoisotopic (exact) mass is 368 g/mol. The smallest absolute Gasteiger partial charge is 0.271 e. The lowest BCUT2D eigenvalue weighted by Gasteiger charge is -2.14. The number of benzene rings is 2. The topological polar surface area (TPSA) is 89.0 Å². The van der Waals surface area contributed by atoms with Gasteiger partial charge < -0.3 is 4.74 Å². The second-order valence-corrected chi connectivity index (χ2v) is 6.88. The van der Waals surface area contributed by atoms with Crippen LogP contribution in [0.5, 0.6) is 5.75 Å². The summed E-state index contributed by atoms with van der Waals surface area (Å²) < 4.78 is 7.01. The van der Waals surface area contributed by atoms with Crippen molar-refractivity contribution in [2.75, 3.05) is 7.11 Å². The molecule has 0 spiro atoms. The molecule has 2 aromatic carbocycles. The van der Waals surface area contributed by atoms with E-state index in [2.05, 4.69) is 33.4 Å². The highest BCUT2D eigenvalue weighted by atomic mass is 16.5. The molecule has 136 valence electrons. The fourth-order valence-corrected chi connectivity index (χ4v) is 3.52. The van der Waals surface area contributed by atoms with Crippen LogP contribution in [-0.4, -0.2) is 31.9 Å². The van der Waals surface area contributed by atoms with E-state index in [9.17, 15) is 0 Å². The standard InChI is InChI=1S/C21H16N6O/c1-28-17-8-6-16(7-9-17)21(10-11-21)19-24-25-20-23-13-18(26-27(19)20)15-4-2-14(12-22)3-5-15/h2-9,13H,10-11H2,1H3. The van der Waals surface area contributed by atoms with Gasteiger partial charge in [-0.25, -0.2) is 4.98 Å². The summed E-state index contributed by atoms with van der Waals surface area (Å²) in [5.41, 5.74) is 3.20. The summed E-state index contributed by atoms with van der Waals surface area (Å²) >= 11 is 0. The fraction of sp³-hybridized carbons (Fsp3) is 0.190. The van der Waals surface area contributed by atoms with Gasteiger partial charge in [0.2, 0.25) is 0 Å². The van der Waals surface area contributed by atoms with Crippen molar-refractivity contribution in [3.05, 3.63) is 71.7 Å². The number of nitriles is 1. The van der Waals surface area contributed by atoms with Crippen LogP contribution in [0, 0.1) is 11.3 Å². The Morgan fingerprint density at radius 2 is 1.79 bits per heavy atom. The number of hydrogen-bond acceptors (Lipinski definition) is 6. The summed E-state index contributed by atoms with van der Waals surface area (Å²) in [6.45, 7) is 0. The molecule has 0 unspecified atom stereocenters. The second-order valence-electron chi connectivity index (χ2n) is 6.88. The van der Waals surface area contributed by atoms with E-state index in [1.807, 2.05) is 24.3 Å². The van der Waals surface area contributed by atoms with Crippen molar-refractivity contribution in [3.8, 4) is 23.1 Å². The molecule has 7 nitrogen and oxygen atoms in total. The average Bonchev–Trinajstić information content (AvgIpc) is 3.46. The molecule has 7 heteroatoms. The van der Waals surface area contributed by atoms with Crippen LogP contribution in [0.4, 0.5) is 0 Å². The third-order valence-corrected chi connectivity index (χ3v) is 5.26. The molecule has 2 aromatic heterocycles. The number of rotatable bonds is 4. The molecule has 1 aliphatic carbocycles. The Balaban J connectivity index is 1.59. The molecule has 0 amide bonds. The Bertz CT molecular complexity index is 1200. The van der Waals surface area contributed by atoms with Crippen LogP contribution in [-0.2, 0) is 5.41 Å². The van der Waals surface area contributed by atoms with Gasteiger partial charge in [0.1, 0.15) is 11.4 Å². The molecule has 5 rings (SSSR count). The van der Waals surface area contributed by atoms with E-state index >= 15 is 0 Å². The van der Waals surface area contributed by atoms with E-state index in [1.165, 1.54) is 5.56 Å². The molecular formula is C21H16N6O. The fourth-order valence-electron chi connectivity index (χ4n) is 3.52. The molecule has 1 aliphatic rings. The van der Waals surface area contributed by atoms with Crippen LogP contribution in [0.2, 0.25) is 0 Å². The minimum absolute atomic E-state index is 0.191. The first-order chi connectivity index (χ1) is 13.7. The van der Waals surface area contributed by atoms with Crippen molar-refractivity contribution in [3.63, 3.8) is 0 Å². The van der Waals surface area contributed by atoms with Gasteiger partial charge in [-0.1, -0.05) is 24.3 Å². The minimum Gasteiger partial charge on any atom is -0.497 e. The Labute approximate surface area is 161 Å². The maximum absolute atomic E-state index is 8.98. The molecule has 2 heterocycles. The molecule has 28 heavy (non-hydrogen) atoms. The predicted octanol–water partition coefficient (Wildman–Crippen LogP) is 3.15. The van der Waals surface area contributed by atoms with Crippen molar-refractivity contribution in [1.29, 1.82) is 5.26 Å². The lowest BCUT2D eigenvalue weighted by Crippen LogP contribution is -2.15. The average molecular weight is 368 g/mol. The molecular weight excluding hydrogens is 352 g/mol. The van der Waals surface area contributed by atoms with Gasteiger partial charge in [-0.05, 0) is 42.7 Å². The first-order valence-electron chi connectivity index (χ1n) is 8.97. The molecule has 1 fully saturated rings. The highest BCUT2D eigenvalue weighted by Crippen LogP contribution is 2.52. The zero-order chi connectivity index (χ0) is 19.1. The van der Waals surface area contributed by atoms with Crippen LogP contribution >= 0.6 is 0 Å². The first kappa shape index (κ1) is 16.4. The highest BCUT2D eigenvalue weighted by Gasteiger charge is 2.50. The summed E-state index contributed by atoms with van der Waals surface area (Å²) in [5.74, 6) is 2.11. The van der Waals surface area contributed by atoms with Gasteiger partial charge in [0.05, 0.1) is 30.4 Å². The molecule has 0 saturated heterocycles. The van der Waals surface area contributed by atoms with Gasteiger partial charge in [0, 0.05) is 5.56 Å². The van der Waals surface area contributed by atoms with Gasteiger partial charge in [-0.15, -0.1) is 10.2 Å². The van der Waals surface area contributed by atoms with Crippen molar-refractivity contribution in [2.24, 2.45) is 0 Å². The summed E-state index contributed by atoms with van der Waals surface area (Å²) in [6, 6.07) is 17.5. The Hall–Kier alpha value is -3.79. The lowest BCUT2D eigenvalue weighted by atomic mass is 9.95. The van der Waals surface area contributed by atoms with E-state index < -0.39 is 0 Å². The summed E-state index contributed by atoms with van der Waals surface area (Å²) in [7, 11) is 1.66. The number of aromatic nitrogens is 5. The number of fused-ring (bicyclic) bond motifs is 1. The Morgan fingerprint density at radius 1 is 1.04 bits per heavy atom. The third-order valence-electron chi connectivity index (χ3n) is 5.26. The normalized spacial score (nSPS) is 14.6. The summed E-state index contributed by atoms with van der Waals surface area (Å²) in [5, 5.41) is 22.4. The van der Waals surface area contributed by atoms with Gasteiger partial charge in [0.25, 0.3) is 5.78 Å². The summed E-state index contributed by atoms with van der Waals surface area (Å²) in [4.78, 5) is 4.42. The van der Waals surface area contributed by atoms with Gasteiger partial charge >= 0.3 is 0 Å². The number of hydrogen-bond donors (Lipinski definition) is 0. The van der Waals surface area contributed by atoms with E-state index in [0.29, 0.717) is 17.0 Å². The molecule has 0 atom stereocenters. The quantitative estimate of drug-likeness (QED) is 0.550. The molecule has 0 bridgehead atoms. The maximum Gasteiger partial charge on any atom is 0.271 e. The SMILES string of the molecule is COc1ccc(C2(c3nnc4ncc(-c5ccc(C#N)cc5)nn34)CC2)cc1. The largest absolute Gasteiger partial charge is 0.497 e. The van der Waals surface area contributed by atoms with E-state index in [1.54, 1.807) is 30.0 Å². The van der Waals surface area contributed by atoms with Gasteiger partial charge in [0.15, 0.2) is 5.82 Å². The number of ether oxygens (including phenoxy) is 1. The Kier molecular flexibility index (Phi) is 3.59. The van der Waals surface area contributed by atoms with Crippen LogP contribution in [0.3, 0.4) is 0 Å². The van der Waals surface area contributed by atoms with Crippen LogP contribution in [0.15, 0.2) is 54.7 Å². The number of methoxy groups -OCH3 is 1. The van der Waals surface area contributed by atoms with E-state index in [4.69, 9.17) is 15.1 Å². The summed E-state index contributed by atoms with van der Waals surface area (Å²) in [6.07, 6.45) is 3.66. The number of nitrogens with zero attached hydrogens (tertiary/aromatic N) is 6. The highest BCUT2D eigenvalue weighted by molar-refractivity contribution is 5.59. The molecule has 0 radical (unpaired) electrons. The Morgan fingerprint density at radius 3 is 2.43 bits per heavy atom. The predicted molar refractivity (Wildman–Crippen MR) is 102 cm³/mol. The minimum atomic E-state index is -0.191. The van der Waals surface area contributed by atoms with Gasteiger partial charge in [-0.3, -0.25) is 0 Å². The first-order valence-corrected chi connectivity index (χ1v) is 8.97. The van der Waals surface area contributed by atoms with Gasteiger partial charge in [-0.2, -0.15) is 14.9 Å². The third kappa shape index (κ3) is 2.50. The molecule has 0 N–H and O–H groups in total. The molecule has 1 saturated carbocycles. The molecule has 4 aromatic rings. The molecule has 0 aliphatic heterocycles. The zero-order valence-corrected chi connectivity index (χ0v) is 15.2. The van der Waals surface area contributed by atoms with Crippen molar-refractivity contribution in [2.45, 2.75) is 18.3 Å². The van der Waals surface area contributed by atoms with Crippen LogP contribution in [0.25, 0.3) is 17.0 Å². The van der Waals surface area contributed by atoms with Crippen molar-refractivity contribution < 1.29 is 4.74 Å². The zero-order valence-electron chi connectivity index (χ0n) is 15.2. The van der Waals surface area contributed by atoms with Crippen molar-refractivity contribution >= 4 is 5.78 Å². The van der Waals surface area contributed by atoms with Crippen LogP contribution in [0.1, 0.15) is 29.8 Å². The van der Waals surface area contributed by atoms with E-state index in [0.717, 1.165) is 30.0 Å². The maximum atomic E-state index is 8.98. The van der Waals surface area contributed by atoms with E-state index in [-0.39, 0.29) is 5.41 Å². The second kappa shape index (κ2) is 6.13. The van der Waals surface area contributed by atoms with Crippen molar-refractivity contribution in [1.82, 2.24) is 24.8 Å². The van der Waals surface area contributed by atoms with Crippen LogP contribution < -0.4 is 4.74 Å². The lowest BCUT2D eigenvalue weighted by molar-refractivity contribution is 0.414.